The van der Waals surface area contributed by atoms with Crippen LogP contribution in [0.1, 0.15) is 29.9 Å². The Bertz CT molecular complexity index is 1910. The fourth-order valence-corrected chi connectivity index (χ4v) is 8.53. The molecular weight excluding hydrogens is 670 g/mol. The normalized spacial score (nSPS) is 30.0. The summed E-state index contributed by atoms with van der Waals surface area (Å²) in [5, 5.41) is 9.97. The Balaban J connectivity index is 1.39. The maximum atomic E-state index is 15.1. The highest BCUT2D eigenvalue weighted by Gasteiger charge is 2.77. The maximum absolute atomic E-state index is 15.1. The number of hydrogen-bond donors (Lipinski definition) is 1. The van der Waals surface area contributed by atoms with Crippen LogP contribution in [0.3, 0.4) is 0 Å². The summed E-state index contributed by atoms with van der Waals surface area (Å²) in [7, 11) is 0. The lowest BCUT2D eigenvalue weighted by molar-refractivity contribution is -0.141. The number of allylic oxidation sites excluding steroid dienone is 2. The summed E-state index contributed by atoms with van der Waals surface area (Å²) in [5.41, 5.74) is -0.650. The van der Waals surface area contributed by atoms with Crippen LogP contribution in [0.15, 0.2) is 66.2 Å². The van der Waals surface area contributed by atoms with Crippen molar-refractivity contribution in [3.05, 3.63) is 106 Å². The van der Waals surface area contributed by atoms with Crippen molar-refractivity contribution in [2.75, 3.05) is 4.90 Å². The molecule has 47 heavy (non-hydrogen) atoms. The van der Waals surface area contributed by atoms with Crippen molar-refractivity contribution in [3.8, 4) is 5.75 Å². The maximum Gasteiger partial charge on any atom is 0.258 e. The van der Waals surface area contributed by atoms with Crippen LogP contribution >= 0.6 is 23.2 Å². The van der Waals surface area contributed by atoms with E-state index >= 15 is 8.78 Å². The van der Waals surface area contributed by atoms with Crippen LogP contribution in [0.5, 0.6) is 5.75 Å². The molecule has 3 aromatic rings. The third-order valence-electron chi connectivity index (χ3n) is 9.72. The molecule has 0 spiro atoms. The third kappa shape index (κ3) is 4.10. The summed E-state index contributed by atoms with van der Waals surface area (Å²) in [4.78, 5) is 51.6. The number of carbonyl (C=O) groups is 4. The molecule has 0 unspecified atom stereocenters. The molecule has 242 valence electrons. The topological polar surface area (TPSA) is 95.0 Å². The number of halogens is 7. The van der Waals surface area contributed by atoms with Gasteiger partial charge in [0, 0.05) is 5.92 Å². The number of anilines is 1. The smallest absolute Gasteiger partial charge is 0.258 e. The number of fused-ring (bicyclic) bond motifs is 4. The Morgan fingerprint density at radius 1 is 0.766 bits per heavy atom. The molecule has 4 aliphatic rings. The fourth-order valence-electron chi connectivity index (χ4n) is 7.59. The number of amides is 4. The zero-order valence-electron chi connectivity index (χ0n) is 23.8. The first-order valence-electron chi connectivity index (χ1n) is 14.4. The number of benzene rings is 3. The van der Waals surface area contributed by atoms with E-state index < -0.39 is 98.2 Å². The number of alkyl halides is 2. The van der Waals surface area contributed by atoms with Crippen molar-refractivity contribution in [1.82, 2.24) is 4.90 Å². The highest BCUT2D eigenvalue weighted by atomic mass is 35.5. The zero-order valence-corrected chi connectivity index (χ0v) is 25.3. The van der Waals surface area contributed by atoms with Gasteiger partial charge in [-0.2, -0.15) is 0 Å². The number of likely N-dealkylation sites (tertiary alicyclic amines) is 1. The van der Waals surface area contributed by atoms with Gasteiger partial charge in [-0.15, -0.1) is 23.2 Å². The number of phenols is 1. The lowest BCUT2D eigenvalue weighted by atomic mass is 9.56. The largest absolute Gasteiger partial charge is 0.508 e. The van der Waals surface area contributed by atoms with Crippen LogP contribution in [-0.4, -0.2) is 43.4 Å². The van der Waals surface area contributed by atoms with E-state index in [4.69, 9.17) is 23.2 Å². The first-order chi connectivity index (χ1) is 22.2. The monoisotopic (exact) mass is 690 g/mol. The lowest BCUT2D eigenvalue weighted by Crippen LogP contribution is -2.60. The van der Waals surface area contributed by atoms with Crippen molar-refractivity contribution in [2.24, 2.45) is 17.8 Å². The summed E-state index contributed by atoms with van der Waals surface area (Å²) in [5.74, 6) is -20.9. The SMILES string of the molecule is O=C1[C@H]2[C@H](CC=C3[C@H]2C[C@@]2(Cl)C(=O)N(c4c(F)c(F)c(F)c(F)c4F)C(=O)[C@@]2(Cl)[C@H]3c2ccc(O)cc2)C(=O)N1Cc1ccccc1. The minimum atomic E-state index is -2.62. The second-order valence-corrected chi connectivity index (χ2v) is 13.3. The van der Waals surface area contributed by atoms with E-state index in [1.54, 1.807) is 36.4 Å². The lowest BCUT2D eigenvalue weighted by Gasteiger charge is -2.50. The van der Waals surface area contributed by atoms with Crippen LogP contribution in [0, 0.1) is 46.8 Å². The Morgan fingerprint density at radius 2 is 1.36 bits per heavy atom. The number of hydrogen-bond acceptors (Lipinski definition) is 5. The van der Waals surface area contributed by atoms with Gasteiger partial charge in [-0.1, -0.05) is 54.1 Å². The average molecular weight is 691 g/mol. The van der Waals surface area contributed by atoms with Gasteiger partial charge in [0.05, 0.1) is 18.4 Å². The van der Waals surface area contributed by atoms with Crippen LogP contribution in [-0.2, 0) is 25.7 Å². The first-order valence-corrected chi connectivity index (χ1v) is 15.2. The summed E-state index contributed by atoms with van der Waals surface area (Å²) in [6.45, 7) is -0.0359. The third-order valence-corrected chi connectivity index (χ3v) is 11.1. The van der Waals surface area contributed by atoms with Gasteiger partial charge in [-0.05, 0) is 42.0 Å². The minimum absolute atomic E-state index is 0.0344. The molecule has 14 heteroatoms. The first kappa shape index (κ1) is 31.3. The van der Waals surface area contributed by atoms with Crippen LogP contribution in [0.4, 0.5) is 27.6 Å². The molecule has 3 aromatic carbocycles. The quantitative estimate of drug-likeness (QED) is 0.0926. The molecule has 7 nitrogen and oxygen atoms in total. The second-order valence-electron chi connectivity index (χ2n) is 12.0. The Kier molecular flexibility index (Phi) is 7.07. The molecule has 1 N–H and O–H groups in total. The Morgan fingerprint density at radius 3 is 1.98 bits per heavy atom. The molecule has 0 aromatic heterocycles. The molecule has 0 bridgehead atoms. The molecule has 2 aliphatic carbocycles. The van der Waals surface area contributed by atoms with Gasteiger partial charge in [0.1, 0.15) is 11.4 Å². The van der Waals surface area contributed by atoms with Crippen molar-refractivity contribution in [3.63, 3.8) is 0 Å². The van der Waals surface area contributed by atoms with Crippen molar-refractivity contribution < 1.29 is 46.2 Å². The van der Waals surface area contributed by atoms with Crippen LogP contribution in [0.2, 0.25) is 0 Å². The number of carbonyl (C=O) groups excluding carboxylic acids is 4. The van der Waals surface area contributed by atoms with Gasteiger partial charge in [-0.25, -0.2) is 26.9 Å². The predicted molar refractivity (Wildman–Crippen MR) is 157 cm³/mol. The van der Waals surface area contributed by atoms with E-state index in [9.17, 15) is 37.5 Å². The minimum Gasteiger partial charge on any atom is -0.508 e. The van der Waals surface area contributed by atoms with E-state index in [0.29, 0.717) is 11.1 Å². The number of imide groups is 2. The molecule has 2 saturated heterocycles. The van der Waals surface area contributed by atoms with Gasteiger partial charge >= 0.3 is 0 Å². The Hall–Kier alpha value is -4.29. The summed E-state index contributed by atoms with van der Waals surface area (Å²) in [6.07, 6.45) is 1.06. The number of nitrogens with zero attached hydrogens (tertiary/aromatic N) is 2. The molecule has 2 aliphatic heterocycles. The molecule has 6 atom stereocenters. The number of rotatable bonds is 4. The standard InChI is InChI=1S/C33H21Cl2F5N2O5/c34-32-12-19-17(10-11-18-20(19)29(45)41(28(18)44)13-14-4-2-1-3-5-14)21(15-6-8-16(43)9-7-15)33(32,35)31(47)42(30(32)46)27-25(39)23(37)22(36)24(38)26(27)40/h1-10,18-21,43H,11-13H2/t18-,19+,20-,21-,32+,33-/m0/s1. The van der Waals surface area contributed by atoms with Gasteiger partial charge < -0.3 is 5.11 Å². The van der Waals surface area contributed by atoms with E-state index in [1.807, 2.05) is 0 Å². The summed E-state index contributed by atoms with van der Waals surface area (Å²) in [6, 6.07) is 13.9. The van der Waals surface area contributed by atoms with Gasteiger partial charge in [0.25, 0.3) is 11.8 Å². The Labute approximate surface area is 273 Å². The van der Waals surface area contributed by atoms with Crippen molar-refractivity contribution in [2.45, 2.75) is 35.1 Å². The predicted octanol–water partition coefficient (Wildman–Crippen LogP) is 5.85. The van der Waals surface area contributed by atoms with E-state index in [-0.39, 0.29) is 29.2 Å². The molecule has 4 amide bonds. The average Bonchev–Trinajstić information content (AvgIpc) is 3.38. The second kappa shape index (κ2) is 10.6. The summed E-state index contributed by atoms with van der Waals surface area (Å²) >= 11 is 14.1. The fraction of sp³-hybridized carbons (Fsp3) is 0.273. The van der Waals surface area contributed by atoms with E-state index in [2.05, 4.69) is 0 Å². The highest BCUT2D eigenvalue weighted by Crippen LogP contribution is 2.66. The molecule has 7 rings (SSSR count). The highest BCUT2D eigenvalue weighted by molar-refractivity contribution is 6.58. The van der Waals surface area contributed by atoms with Gasteiger partial charge in [-0.3, -0.25) is 24.1 Å². The summed E-state index contributed by atoms with van der Waals surface area (Å²) < 4.78 is 72.8. The number of aromatic hydroxyl groups is 1. The number of phenolic OH excluding ortho intramolecular Hbond substituents is 1. The van der Waals surface area contributed by atoms with E-state index in [0.717, 1.165) is 4.90 Å². The van der Waals surface area contributed by atoms with Gasteiger partial charge in [0.2, 0.25) is 17.6 Å². The molecule has 2 heterocycles. The van der Waals surface area contributed by atoms with Crippen molar-refractivity contribution in [1.29, 1.82) is 0 Å². The van der Waals surface area contributed by atoms with Crippen LogP contribution < -0.4 is 4.90 Å². The van der Waals surface area contributed by atoms with Crippen molar-refractivity contribution >= 4 is 52.5 Å². The molecular formula is C33H21Cl2F5N2O5. The molecule has 3 fully saturated rings. The zero-order chi connectivity index (χ0) is 33.7. The van der Waals surface area contributed by atoms with E-state index in [1.165, 1.54) is 24.3 Å². The van der Waals surface area contributed by atoms with Crippen LogP contribution in [0.25, 0.3) is 0 Å². The molecule has 1 saturated carbocycles. The molecule has 0 radical (unpaired) electrons. The van der Waals surface area contributed by atoms with Gasteiger partial charge in [0.15, 0.2) is 33.0 Å².